The van der Waals surface area contributed by atoms with Crippen molar-refractivity contribution in [2.24, 2.45) is 0 Å². The lowest BCUT2D eigenvalue weighted by Gasteiger charge is -2.14. The maximum Gasteiger partial charge on any atom is 0.119 e. The molecule has 102 valence electrons. The molecule has 0 aliphatic rings. The van der Waals surface area contributed by atoms with Gasteiger partial charge < -0.3 is 15.2 Å². The summed E-state index contributed by atoms with van der Waals surface area (Å²) in [5.74, 6) is 0.932. The van der Waals surface area contributed by atoms with Crippen molar-refractivity contribution in [3.05, 3.63) is 29.8 Å². The molecule has 0 spiro atoms. The second-order valence-electron chi connectivity index (χ2n) is 4.51. The lowest BCUT2D eigenvalue weighted by molar-refractivity contribution is 0.238. The summed E-state index contributed by atoms with van der Waals surface area (Å²) < 4.78 is 5.61. The van der Waals surface area contributed by atoms with E-state index >= 15 is 0 Å². The van der Waals surface area contributed by atoms with Crippen LogP contribution in [0.3, 0.4) is 0 Å². The Morgan fingerprint density at radius 2 is 1.94 bits per heavy atom. The van der Waals surface area contributed by atoms with Crippen LogP contribution in [-0.2, 0) is 6.54 Å². The zero-order valence-corrected chi connectivity index (χ0v) is 11.5. The van der Waals surface area contributed by atoms with Crippen molar-refractivity contribution in [2.45, 2.75) is 45.7 Å². The monoisotopic (exact) mass is 251 g/mol. The van der Waals surface area contributed by atoms with Crippen LogP contribution in [0.2, 0.25) is 0 Å². The first-order valence-corrected chi connectivity index (χ1v) is 6.86. The van der Waals surface area contributed by atoms with E-state index in [1.54, 1.807) is 0 Å². The molecule has 3 heteroatoms. The molecule has 3 nitrogen and oxygen atoms in total. The Balaban J connectivity index is 2.35. The second-order valence-corrected chi connectivity index (χ2v) is 4.51. The standard InChI is InChI=1S/C15H25NO2/c1-3-5-10-18-15-8-6-13(7-9-15)11-16-14(4-2)12-17/h6-9,14,16-17H,3-5,10-12H2,1-2H3/t14-/m1/s1. The minimum atomic E-state index is 0.186. The molecule has 0 bridgehead atoms. The van der Waals surface area contributed by atoms with Gasteiger partial charge in [-0.2, -0.15) is 0 Å². The van der Waals surface area contributed by atoms with Crippen molar-refractivity contribution >= 4 is 0 Å². The molecule has 0 unspecified atom stereocenters. The Hall–Kier alpha value is -1.06. The van der Waals surface area contributed by atoms with Gasteiger partial charge in [-0.25, -0.2) is 0 Å². The molecule has 1 atom stereocenters. The van der Waals surface area contributed by atoms with E-state index in [1.165, 1.54) is 5.56 Å². The molecule has 0 aliphatic heterocycles. The van der Waals surface area contributed by atoms with Gasteiger partial charge in [0.05, 0.1) is 13.2 Å². The fraction of sp³-hybridized carbons (Fsp3) is 0.600. The minimum Gasteiger partial charge on any atom is -0.494 e. The van der Waals surface area contributed by atoms with Crippen LogP contribution in [0.15, 0.2) is 24.3 Å². The summed E-state index contributed by atoms with van der Waals surface area (Å²) in [5.41, 5.74) is 1.21. The molecule has 0 heterocycles. The van der Waals surface area contributed by atoms with Gasteiger partial charge in [0.25, 0.3) is 0 Å². The number of hydrogen-bond acceptors (Lipinski definition) is 3. The number of nitrogens with one attached hydrogen (secondary N) is 1. The van der Waals surface area contributed by atoms with E-state index in [0.717, 1.165) is 38.2 Å². The van der Waals surface area contributed by atoms with Gasteiger partial charge in [0.2, 0.25) is 0 Å². The van der Waals surface area contributed by atoms with Gasteiger partial charge in [-0.05, 0) is 30.5 Å². The van der Waals surface area contributed by atoms with Crippen molar-refractivity contribution in [3.8, 4) is 5.75 Å². The van der Waals surface area contributed by atoms with Crippen molar-refractivity contribution in [1.29, 1.82) is 0 Å². The largest absolute Gasteiger partial charge is 0.494 e. The molecular weight excluding hydrogens is 226 g/mol. The zero-order chi connectivity index (χ0) is 13.2. The van der Waals surface area contributed by atoms with Crippen LogP contribution in [0, 0.1) is 0 Å². The summed E-state index contributed by atoms with van der Waals surface area (Å²) in [6.07, 6.45) is 3.19. The number of aliphatic hydroxyl groups is 1. The fourth-order valence-electron chi connectivity index (χ4n) is 1.64. The number of ether oxygens (including phenoxy) is 1. The van der Waals surface area contributed by atoms with Crippen LogP contribution in [0.4, 0.5) is 0 Å². The normalized spacial score (nSPS) is 12.4. The Kier molecular flexibility index (Phi) is 7.46. The van der Waals surface area contributed by atoms with Gasteiger partial charge in [0.15, 0.2) is 0 Å². The summed E-state index contributed by atoms with van der Waals surface area (Å²) in [6.45, 7) is 5.99. The second kappa shape index (κ2) is 8.95. The topological polar surface area (TPSA) is 41.5 Å². The smallest absolute Gasteiger partial charge is 0.119 e. The fourth-order valence-corrected chi connectivity index (χ4v) is 1.64. The predicted octanol–water partition coefficient (Wildman–Crippen LogP) is 2.73. The summed E-state index contributed by atoms with van der Waals surface area (Å²) in [7, 11) is 0. The van der Waals surface area contributed by atoms with Gasteiger partial charge in [-0.3, -0.25) is 0 Å². The molecule has 0 saturated heterocycles. The van der Waals surface area contributed by atoms with E-state index in [0.29, 0.717) is 0 Å². The van der Waals surface area contributed by atoms with Crippen molar-refractivity contribution in [1.82, 2.24) is 5.32 Å². The number of unbranched alkanes of at least 4 members (excludes halogenated alkanes) is 1. The third-order valence-corrected chi connectivity index (χ3v) is 3.00. The zero-order valence-electron chi connectivity index (χ0n) is 11.5. The number of benzene rings is 1. The Bertz CT molecular complexity index is 307. The lowest BCUT2D eigenvalue weighted by atomic mass is 10.2. The summed E-state index contributed by atoms with van der Waals surface area (Å²) >= 11 is 0. The van der Waals surface area contributed by atoms with Crippen LogP contribution in [0.1, 0.15) is 38.7 Å². The van der Waals surface area contributed by atoms with Crippen LogP contribution < -0.4 is 10.1 Å². The Morgan fingerprint density at radius 3 is 2.50 bits per heavy atom. The molecule has 18 heavy (non-hydrogen) atoms. The molecule has 0 fully saturated rings. The molecule has 1 aromatic rings. The molecule has 2 N–H and O–H groups in total. The summed E-state index contributed by atoms with van der Waals surface area (Å²) in [6, 6.07) is 8.33. The first kappa shape index (κ1) is 15.0. The van der Waals surface area contributed by atoms with Gasteiger partial charge in [0, 0.05) is 12.6 Å². The van der Waals surface area contributed by atoms with E-state index < -0.39 is 0 Å². The quantitative estimate of drug-likeness (QED) is 0.663. The maximum absolute atomic E-state index is 9.09. The summed E-state index contributed by atoms with van der Waals surface area (Å²) in [5, 5.41) is 12.4. The Labute approximate surface area is 110 Å². The van der Waals surface area contributed by atoms with Crippen LogP contribution in [0.25, 0.3) is 0 Å². The summed E-state index contributed by atoms with van der Waals surface area (Å²) in [4.78, 5) is 0. The third-order valence-electron chi connectivity index (χ3n) is 3.00. The first-order valence-electron chi connectivity index (χ1n) is 6.86. The molecule has 0 radical (unpaired) electrons. The van der Waals surface area contributed by atoms with Crippen molar-refractivity contribution in [3.63, 3.8) is 0 Å². The van der Waals surface area contributed by atoms with Crippen LogP contribution >= 0.6 is 0 Å². The maximum atomic E-state index is 9.09. The highest BCUT2D eigenvalue weighted by Gasteiger charge is 2.03. The highest BCUT2D eigenvalue weighted by Crippen LogP contribution is 2.12. The molecule has 1 aromatic carbocycles. The lowest BCUT2D eigenvalue weighted by Crippen LogP contribution is -2.31. The average molecular weight is 251 g/mol. The average Bonchev–Trinajstić information content (AvgIpc) is 2.42. The molecule has 0 amide bonds. The highest BCUT2D eigenvalue weighted by atomic mass is 16.5. The third kappa shape index (κ3) is 5.52. The molecule has 0 aliphatic carbocycles. The number of hydrogen-bond donors (Lipinski definition) is 2. The van der Waals surface area contributed by atoms with E-state index in [2.05, 4.69) is 31.3 Å². The van der Waals surface area contributed by atoms with Gasteiger partial charge >= 0.3 is 0 Å². The highest BCUT2D eigenvalue weighted by molar-refractivity contribution is 5.27. The minimum absolute atomic E-state index is 0.186. The number of aliphatic hydroxyl groups excluding tert-OH is 1. The first-order chi connectivity index (χ1) is 8.80. The Morgan fingerprint density at radius 1 is 1.22 bits per heavy atom. The van der Waals surface area contributed by atoms with E-state index in [1.807, 2.05) is 12.1 Å². The SMILES string of the molecule is CCCCOc1ccc(CN[C@H](CC)CO)cc1. The molecule has 0 saturated carbocycles. The van der Waals surface area contributed by atoms with Crippen LogP contribution in [0.5, 0.6) is 5.75 Å². The van der Waals surface area contributed by atoms with Gasteiger partial charge in [-0.1, -0.05) is 32.4 Å². The van der Waals surface area contributed by atoms with E-state index in [-0.39, 0.29) is 12.6 Å². The van der Waals surface area contributed by atoms with E-state index in [4.69, 9.17) is 9.84 Å². The van der Waals surface area contributed by atoms with Crippen LogP contribution in [-0.4, -0.2) is 24.4 Å². The molecule has 1 rings (SSSR count). The van der Waals surface area contributed by atoms with E-state index in [9.17, 15) is 0 Å². The molecular formula is C15H25NO2. The predicted molar refractivity (Wildman–Crippen MR) is 74.8 cm³/mol. The van der Waals surface area contributed by atoms with Crippen molar-refractivity contribution < 1.29 is 9.84 Å². The van der Waals surface area contributed by atoms with Crippen molar-refractivity contribution in [2.75, 3.05) is 13.2 Å². The number of rotatable bonds is 9. The molecule has 0 aromatic heterocycles. The van der Waals surface area contributed by atoms with Gasteiger partial charge in [0.1, 0.15) is 5.75 Å². The van der Waals surface area contributed by atoms with Gasteiger partial charge in [-0.15, -0.1) is 0 Å².